The highest BCUT2D eigenvalue weighted by Gasteiger charge is 2.18. The zero-order chi connectivity index (χ0) is 12.7. The summed E-state index contributed by atoms with van der Waals surface area (Å²) in [5.41, 5.74) is 13.2. The van der Waals surface area contributed by atoms with E-state index in [2.05, 4.69) is 23.8 Å². The lowest BCUT2D eigenvalue weighted by Gasteiger charge is -2.22. The van der Waals surface area contributed by atoms with Gasteiger partial charge in [0.05, 0.1) is 0 Å². The fourth-order valence-electron chi connectivity index (χ4n) is 1.94. The Kier molecular flexibility index (Phi) is 6.08. The van der Waals surface area contributed by atoms with Gasteiger partial charge in [-0.25, -0.2) is 9.97 Å². The van der Waals surface area contributed by atoms with Crippen LogP contribution in [-0.4, -0.2) is 22.1 Å². The van der Waals surface area contributed by atoms with Crippen molar-refractivity contribution in [3.8, 4) is 0 Å². The molecule has 2 atom stereocenters. The van der Waals surface area contributed by atoms with E-state index >= 15 is 0 Å². The van der Waals surface area contributed by atoms with Gasteiger partial charge in [-0.1, -0.05) is 13.8 Å². The first-order valence-corrected chi connectivity index (χ1v) is 6.44. The number of nitrogens with two attached hydrogens (primary N) is 2. The predicted molar refractivity (Wildman–Crippen MR) is 70.5 cm³/mol. The van der Waals surface area contributed by atoms with E-state index in [0.29, 0.717) is 5.92 Å². The third kappa shape index (κ3) is 4.79. The molecule has 4 heteroatoms. The van der Waals surface area contributed by atoms with Crippen LogP contribution in [0, 0.1) is 0 Å². The molecule has 0 spiro atoms. The monoisotopic (exact) mass is 236 g/mol. The molecule has 1 aromatic heterocycles. The van der Waals surface area contributed by atoms with E-state index in [4.69, 9.17) is 11.5 Å². The molecule has 0 aliphatic carbocycles. The zero-order valence-electron chi connectivity index (χ0n) is 10.8. The van der Waals surface area contributed by atoms with Crippen molar-refractivity contribution in [2.45, 2.75) is 57.5 Å². The summed E-state index contributed by atoms with van der Waals surface area (Å²) in [6.45, 7) is 4.23. The molecule has 0 bridgehead atoms. The van der Waals surface area contributed by atoms with Gasteiger partial charge in [0, 0.05) is 29.9 Å². The molecule has 0 radical (unpaired) electrons. The molecule has 2 unspecified atom stereocenters. The molecule has 4 nitrogen and oxygen atoms in total. The standard InChI is InChI=1S/C13H24N4/c1-3-11(14)7-10(8-12(15)4-2)13-5-6-16-9-17-13/h5-6,9-12H,3-4,7-8,14-15H2,1-2H3. The summed E-state index contributed by atoms with van der Waals surface area (Å²) in [5.74, 6) is 0.350. The van der Waals surface area contributed by atoms with Gasteiger partial charge in [-0.3, -0.25) is 0 Å². The van der Waals surface area contributed by atoms with E-state index < -0.39 is 0 Å². The van der Waals surface area contributed by atoms with Crippen molar-refractivity contribution in [2.75, 3.05) is 0 Å². The highest BCUT2D eigenvalue weighted by molar-refractivity contribution is 5.07. The lowest BCUT2D eigenvalue weighted by Crippen LogP contribution is -2.27. The van der Waals surface area contributed by atoms with E-state index in [1.165, 1.54) is 0 Å². The van der Waals surface area contributed by atoms with Gasteiger partial charge < -0.3 is 11.5 Å². The van der Waals surface area contributed by atoms with Crippen LogP contribution in [0.5, 0.6) is 0 Å². The lowest BCUT2D eigenvalue weighted by atomic mass is 9.89. The van der Waals surface area contributed by atoms with Gasteiger partial charge in [0.15, 0.2) is 0 Å². The minimum Gasteiger partial charge on any atom is -0.328 e. The molecule has 0 saturated carbocycles. The maximum Gasteiger partial charge on any atom is 0.115 e. The summed E-state index contributed by atoms with van der Waals surface area (Å²) < 4.78 is 0. The lowest BCUT2D eigenvalue weighted by molar-refractivity contribution is 0.440. The number of aromatic nitrogens is 2. The maximum atomic E-state index is 6.04. The highest BCUT2D eigenvalue weighted by atomic mass is 14.8. The fourth-order valence-corrected chi connectivity index (χ4v) is 1.94. The number of rotatable bonds is 7. The van der Waals surface area contributed by atoms with Crippen molar-refractivity contribution in [2.24, 2.45) is 11.5 Å². The smallest absolute Gasteiger partial charge is 0.115 e. The first-order valence-electron chi connectivity index (χ1n) is 6.44. The normalized spacial score (nSPS) is 16.5. The molecule has 1 aromatic rings. The molecular weight excluding hydrogens is 212 g/mol. The number of nitrogens with zero attached hydrogens (tertiary/aromatic N) is 2. The first kappa shape index (κ1) is 14.1. The Labute approximate surface area is 104 Å². The van der Waals surface area contributed by atoms with Crippen molar-refractivity contribution < 1.29 is 0 Å². The van der Waals surface area contributed by atoms with E-state index in [0.717, 1.165) is 31.4 Å². The molecule has 0 fully saturated rings. The molecular formula is C13H24N4. The summed E-state index contributed by atoms with van der Waals surface area (Å²) in [6, 6.07) is 2.41. The Bertz CT molecular complexity index is 290. The van der Waals surface area contributed by atoms with Crippen molar-refractivity contribution in [3.05, 3.63) is 24.3 Å². The van der Waals surface area contributed by atoms with Crippen molar-refractivity contribution in [1.29, 1.82) is 0 Å². The second-order valence-corrected chi connectivity index (χ2v) is 4.64. The predicted octanol–water partition coefficient (Wildman–Crippen LogP) is 1.81. The largest absolute Gasteiger partial charge is 0.328 e. The molecule has 1 rings (SSSR count). The van der Waals surface area contributed by atoms with E-state index in [9.17, 15) is 0 Å². The van der Waals surface area contributed by atoms with E-state index in [-0.39, 0.29) is 12.1 Å². The summed E-state index contributed by atoms with van der Waals surface area (Å²) in [6.07, 6.45) is 7.25. The quantitative estimate of drug-likeness (QED) is 0.757. The summed E-state index contributed by atoms with van der Waals surface area (Å²) in [7, 11) is 0. The molecule has 0 aliphatic rings. The van der Waals surface area contributed by atoms with Gasteiger partial charge in [-0.05, 0) is 31.7 Å². The Balaban J connectivity index is 2.72. The van der Waals surface area contributed by atoms with Gasteiger partial charge >= 0.3 is 0 Å². The molecule has 0 saturated heterocycles. The molecule has 0 amide bonds. The van der Waals surface area contributed by atoms with Crippen LogP contribution in [0.2, 0.25) is 0 Å². The Morgan fingerprint density at radius 2 is 1.71 bits per heavy atom. The second-order valence-electron chi connectivity index (χ2n) is 4.64. The second kappa shape index (κ2) is 7.35. The summed E-state index contributed by atoms with van der Waals surface area (Å²) in [5, 5.41) is 0. The van der Waals surface area contributed by atoms with Crippen LogP contribution in [0.1, 0.15) is 51.1 Å². The van der Waals surface area contributed by atoms with Crippen molar-refractivity contribution in [3.63, 3.8) is 0 Å². The van der Waals surface area contributed by atoms with Gasteiger partial charge in [0.25, 0.3) is 0 Å². The highest BCUT2D eigenvalue weighted by Crippen LogP contribution is 2.25. The number of hydrogen-bond acceptors (Lipinski definition) is 4. The van der Waals surface area contributed by atoms with Crippen LogP contribution >= 0.6 is 0 Å². The van der Waals surface area contributed by atoms with Crippen LogP contribution in [0.25, 0.3) is 0 Å². The topological polar surface area (TPSA) is 77.8 Å². The van der Waals surface area contributed by atoms with Gasteiger partial charge in [0.2, 0.25) is 0 Å². The Morgan fingerprint density at radius 3 is 2.12 bits per heavy atom. The summed E-state index contributed by atoms with van der Waals surface area (Å²) >= 11 is 0. The van der Waals surface area contributed by atoms with Gasteiger partial charge in [-0.2, -0.15) is 0 Å². The maximum absolute atomic E-state index is 6.04. The molecule has 17 heavy (non-hydrogen) atoms. The molecule has 0 aliphatic heterocycles. The van der Waals surface area contributed by atoms with Gasteiger partial charge in [0.1, 0.15) is 6.33 Å². The van der Waals surface area contributed by atoms with Crippen LogP contribution in [0.3, 0.4) is 0 Å². The van der Waals surface area contributed by atoms with Crippen LogP contribution in [-0.2, 0) is 0 Å². The van der Waals surface area contributed by atoms with Crippen molar-refractivity contribution in [1.82, 2.24) is 9.97 Å². The average Bonchev–Trinajstić information content (AvgIpc) is 2.38. The molecule has 1 heterocycles. The number of hydrogen-bond donors (Lipinski definition) is 2. The zero-order valence-corrected chi connectivity index (χ0v) is 10.8. The first-order chi connectivity index (χ1) is 8.17. The Hall–Kier alpha value is -1.00. The Morgan fingerprint density at radius 1 is 1.12 bits per heavy atom. The van der Waals surface area contributed by atoms with Crippen LogP contribution in [0.4, 0.5) is 0 Å². The minimum absolute atomic E-state index is 0.221. The molecule has 0 aromatic carbocycles. The van der Waals surface area contributed by atoms with Gasteiger partial charge in [-0.15, -0.1) is 0 Å². The third-order valence-corrected chi connectivity index (χ3v) is 3.25. The van der Waals surface area contributed by atoms with E-state index in [1.807, 2.05) is 6.07 Å². The third-order valence-electron chi connectivity index (χ3n) is 3.25. The molecule has 4 N–H and O–H groups in total. The van der Waals surface area contributed by atoms with E-state index in [1.54, 1.807) is 12.5 Å². The van der Waals surface area contributed by atoms with Crippen LogP contribution < -0.4 is 11.5 Å². The van der Waals surface area contributed by atoms with Crippen molar-refractivity contribution >= 4 is 0 Å². The minimum atomic E-state index is 0.221. The fraction of sp³-hybridized carbons (Fsp3) is 0.692. The van der Waals surface area contributed by atoms with Crippen LogP contribution in [0.15, 0.2) is 18.6 Å². The average molecular weight is 236 g/mol. The summed E-state index contributed by atoms with van der Waals surface area (Å²) in [4.78, 5) is 8.28. The SMILES string of the molecule is CCC(N)CC(CC(N)CC)c1ccncn1. The molecule has 96 valence electrons.